The lowest BCUT2D eigenvalue weighted by atomic mass is 9.81. The molecule has 5 rings (SSSR count). The first kappa shape index (κ1) is 19.5. The first-order valence-electron chi connectivity index (χ1n) is 10.4. The van der Waals surface area contributed by atoms with E-state index >= 15 is 0 Å². The van der Waals surface area contributed by atoms with Crippen molar-refractivity contribution in [2.75, 3.05) is 24.5 Å². The molecule has 2 aliphatic carbocycles. The Labute approximate surface area is 172 Å². The Hall–Kier alpha value is -2.42. The van der Waals surface area contributed by atoms with Gasteiger partial charge in [-0.25, -0.2) is 0 Å². The average molecular weight is 419 g/mol. The third-order valence-corrected chi connectivity index (χ3v) is 6.94. The number of benzene rings is 1. The molecule has 1 aliphatic heterocycles. The number of fused-ring (bicyclic) bond motifs is 1. The standard InChI is InChI=1S/C21H24F3N5O/c22-21(23,24)14-1-2-16(18-17(14)26-5-6-27-18)29-10-15(20(11-29)3-4-20)19(30)28-9-12-7-13(25)8-12/h1-2,5-6,12-13,15H,3-4,7-11,25H2,(H,28,30). The monoisotopic (exact) mass is 419 g/mol. The van der Waals surface area contributed by atoms with Crippen LogP contribution in [0.1, 0.15) is 31.2 Å². The second-order valence-corrected chi connectivity index (χ2v) is 9.02. The maximum atomic E-state index is 13.4. The van der Waals surface area contributed by atoms with Crippen LogP contribution in [0.5, 0.6) is 0 Å². The highest BCUT2D eigenvalue weighted by Crippen LogP contribution is 2.57. The number of aromatic nitrogens is 2. The molecule has 2 heterocycles. The van der Waals surface area contributed by atoms with Crippen LogP contribution in [0.15, 0.2) is 24.5 Å². The predicted octanol–water partition coefficient (Wildman–Crippen LogP) is 2.72. The molecule has 1 saturated heterocycles. The van der Waals surface area contributed by atoms with E-state index in [2.05, 4.69) is 15.3 Å². The van der Waals surface area contributed by atoms with Gasteiger partial charge in [-0.15, -0.1) is 0 Å². The summed E-state index contributed by atoms with van der Waals surface area (Å²) in [7, 11) is 0. The number of amides is 1. The Kier molecular flexibility index (Phi) is 4.43. The molecule has 1 spiro atoms. The summed E-state index contributed by atoms with van der Waals surface area (Å²) in [5, 5.41) is 3.08. The maximum absolute atomic E-state index is 13.4. The van der Waals surface area contributed by atoms with E-state index in [9.17, 15) is 18.0 Å². The molecule has 3 aliphatic rings. The maximum Gasteiger partial charge on any atom is 0.418 e. The number of carbonyl (C=O) groups is 1. The van der Waals surface area contributed by atoms with Gasteiger partial charge >= 0.3 is 6.18 Å². The summed E-state index contributed by atoms with van der Waals surface area (Å²) in [5.74, 6) is 0.323. The van der Waals surface area contributed by atoms with Crippen molar-refractivity contribution in [3.05, 3.63) is 30.1 Å². The van der Waals surface area contributed by atoms with Gasteiger partial charge in [0.25, 0.3) is 0 Å². The van der Waals surface area contributed by atoms with Crippen molar-refractivity contribution in [1.29, 1.82) is 0 Å². The highest BCUT2D eigenvalue weighted by molar-refractivity contribution is 5.92. The smallest absolute Gasteiger partial charge is 0.368 e. The number of hydrogen-bond acceptors (Lipinski definition) is 5. The van der Waals surface area contributed by atoms with Crippen LogP contribution >= 0.6 is 0 Å². The molecule has 3 fully saturated rings. The number of nitrogens with two attached hydrogens (primary N) is 1. The summed E-state index contributed by atoms with van der Waals surface area (Å²) >= 11 is 0. The molecular weight excluding hydrogens is 395 g/mol. The summed E-state index contributed by atoms with van der Waals surface area (Å²) in [5.41, 5.74) is 5.63. The van der Waals surface area contributed by atoms with E-state index in [1.54, 1.807) is 0 Å². The molecule has 1 unspecified atom stereocenters. The predicted molar refractivity (Wildman–Crippen MR) is 106 cm³/mol. The van der Waals surface area contributed by atoms with Crippen LogP contribution < -0.4 is 16.0 Å². The minimum atomic E-state index is -4.50. The van der Waals surface area contributed by atoms with Crippen LogP contribution in [0.3, 0.4) is 0 Å². The summed E-state index contributed by atoms with van der Waals surface area (Å²) in [6.07, 6.45) is 1.98. The van der Waals surface area contributed by atoms with Gasteiger partial charge in [0.1, 0.15) is 11.0 Å². The van der Waals surface area contributed by atoms with Crippen LogP contribution in [-0.4, -0.2) is 41.6 Å². The summed E-state index contributed by atoms with van der Waals surface area (Å²) in [6.45, 7) is 1.78. The van der Waals surface area contributed by atoms with Gasteiger partial charge in [0.2, 0.25) is 5.91 Å². The third-order valence-electron chi connectivity index (χ3n) is 6.94. The second-order valence-electron chi connectivity index (χ2n) is 9.02. The zero-order valence-electron chi connectivity index (χ0n) is 16.5. The van der Waals surface area contributed by atoms with Gasteiger partial charge < -0.3 is 16.0 Å². The fourth-order valence-corrected chi connectivity index (χ4v) is 5.03. The number of anilines is 1. The van der Waals surface area contributed by atoms with Crippen LogP contribution in [0, 0.1) is 17.3 Å². The summed E-state index contributed by atoms with van der Waals surface area (Å²) in [4.78, 5) is 23.1. The van der Waals surface area contributed by atoms with E-state index in [1.165, 1.54) is 18.5 Å². The highest BCUT2D eigenvalue weighted by Gasteiger charge is 2.58. The van der Waals surface area contributed by atoms with Gasteiger partial charge in [0, 0.05) is 43.5 Å². The lowest BCUT2D eigenvalue weighted by molar-refractivity contribution is -0.136. The molecule has 0 bridgehead atoms. The van der Waals surface area contributed by atoms with E-state index in [-0.39, 0.29) is 34.3 Å². The number of alkyl halides is 3. The fraction of sp³-hybridized carbons (Fsp3) is 0.571. The Balaban J connectivity index is 1.38. The first-order chi connectivity index (χ1) is 14.3. The van der Waals surface area contributed by atoms with Crippen molar-refractivity contribution in [3.8, 4) is 0 Å². The minimum Gasteiger partial charge on any atom is -0.368 e. The number of nitrogens with zero attached hydrogens (tertiary/aromatic N) is 3. The van der Waals surface area contributed by atoms with E-state index in [1.807, 2.05) is 4.90 Å². The molecular formula is C21H24F3N5O. The molecule has 1 aromatic heterocycles. The molecule has 6 nitrogen and oxygen atoms in total. The normalized spacial score (nSPS) is 27.3. The quantitative estimate of drug-likeness (QED) is 0.796. The molecule has 2 saturated carbocycles. The molecule has 2 aromatic rings. The minimum absolute atomic E-state index is 0.0396. The zero-order chi connectivity index (χ0) is 21.1. The largest absolute Gasteiger partial charge is 0.418 e. The Morgan fingerprint density at radius 1 is 1.20 bits per heavy atom. The topological polar surface area (TPSA) is 84.1 Å². The third kappa shape index (κ3) is 3.29. The Morgan fingerprint density at radius 2 is 1.90 bits per heavy atom. The Bertz CT molecular complexity index is 984. The number of rotatable bonds is 4. The summed E-state index contributed by atoms with van der Waals surface area (Å²) < 4.78 is 40.2. The van der Waals surface area contributed by atoms with Gasteiger partial charge in [-0.05, 0) is 43.7 Å². The van der Waals surface area contributed by atoms with Crippen LogP contribution in [-0.2, 0) is 11.0 Å². The van der Waals surface area contributed by atoms with Gasteiger partial charge in [-0.3, -0.25) is 14.8 Å². The van der Waals surface area contributed by atoms with Crippen molar-refractivity contribution < 1.29 is 18.0 Å². The molecule has 9 heteroatoms. The van der Waals surface area contributed by atoms with Crippen molar-refractivity contribution >= 4 is 22.6 Å². The van der Waals surface area contributed by atoms with Crippen LogP contribution in [0.2, 0.25) is 0 Å². The molecule has 1 aromatic carbocycles. The van der Waals surface area contributed by atoms with Gasteiger partial charge in [-0.1, -0.05) is 0 Å². The van der Waals surface area contributed by atoms with E-state index < -0.39 is 11.7 Å². The lowest BCUT2D eigenvalue weighted by Crippen LogP contribution is -2.45. The number of carbonyl (C=O) groups excluding carboxylic acids is 1. The van der Waals surface area contributed by atoms with Gasteiger partial charge in [-0.2, -0.15) is 13.2 Å². The molecule has 1 amide bonds. The van der Waals surface area contributed by atoms with Crippen molar-refractivity contribution in [2.24, 2.45) is 23.0 Å². The van der Waals surface area contributed by atoms with Gasteiger partial charge in [0.05, 0.1) is 17.2 Å². The van der Waals surface area contributed by atoms with E-state index in [0.29, 0.717) is 31.2 Å². The Morgan fingerprint density at radius 3 is 2.53 bits per heavy atom. The first-order valence-corrected chi connectivity index (χ1v) is 10.4. The SMILES string of the molecule is NC1CC(CNC(=O)C2CN(c3ccc(C(F)(F)F)c4nccnc34)CC23CC3)C1. The molecule has 1 atom stereocenters. The fourth-order valence-electron chi connectivity index (χ4n) is 5.03. The average Bonchev–Trinajstić information content (AvgIpc) is 3.35. The summed E-state index contributed by atoms with van der Waals surface area (Å²) in [6, 6.07) is 2.78. The van der Waals surface area contributed by atoms with Crippen molar-refractivity contribution in [3.63, 3.8) is 0 Å². The second kappa shape index (κ2) is 6.80. The zero-order valence-corrected chi connectivity index (χ0v) is 16.5. The molecule has 160 valence electrons. The number of halogens is 3. The molecule has 0 radical (unpaired) electrons. The lowest BCUT2D eigenvalue weighted by Gasteiger charge is -2.32. The highest BCUT2D eigenvalue weighted by atomic mass is 19.4. The van der Waals surface area contributed by atoms with E-state index in [0.717, 1.165) is 31.7 Å². The van der Waals surface area contributed by atoms with E-state index in [4.69, 9.17) is 5.73 Å². The van der Waals surface area contributed by atoms with Crippen LogP contribution in [0.25, 0.3) is 11.0 Å². The molecule has 3 N–H and O–H groups in total. The van der Waals surface area contributed by atoms with Crippen molar-refractivity contribution in [1.82, 2.24) is 15.3 Å². The van der Waals surface area contributed by atoms with Gasteiger partial charge in [0.15, 0.2) is 0 Å². The van der Waals surface area contributed by atoms with Crippen LogP contribution in [0.4, 0.5) is 18.9 Å². The number of hydrogen-bond donors (Lipinski definition) is 2. The van der Waals surface area contributed by atoms with Crippen molar-refractivity contribution in [2.45, 2.75) is 37.9 Å². The number of nitrogens with one attached hydrogen (secondary N) is 1. The molecule has 30 heavy (non-hydrogen) atoms.